The fourth-order valence-corrected chi connectivity index (χ4v) is 2.87. The number of halogens is 2. The third kappa shape index (κ3) is 4.19. The smallest absolute Gasteiger partial charge is 0.358 e. The summed E-state index contributed by atoms with van der Waals surface area (Å²) in [6.45, 7) is 3.85. The van der Waals surface area contributed by atoms with Crippen LogP contribution >= 0.6 is 27.5 Å². The average Bonchev–Trinajstić information content (AvgIpc) is 3.03. The lowest BCUT2D eigenvalue weighted by Crippen LogP contribution is -2.12. The monoisotopic (exact) mass is 422 g/mol. The van der Waals surface area contributed by atoms with Crippen LogP contribution in [0.2, 0.25) is 5.02 Å². The highest BCUT2D eigenvalue weighted by atomic mass is 79.9. The maximum Gasteiger partial charge on any atom is 0.358 e. The van der Waals surface area contributed by atoms with Crippen molar-refractivity contribution in [3.05, 3.63) is 62.3 Å². The highest BCUT2D eigenvalue weighted by Crippen LogP contribution is 2.30. The van der Waals surface area contributed by atoms with E-state index in [1.54, 1.807) is 0 Å². The lowest BCUT2D eigenvalue weighted by molar-refractivity contribution is 0.0462. The van der Waals surface area contributed by atoms with Crippen LogP contribution in [0.4, 0.5) is 0 Å². The highest BCUT2D eigenvalue weighted by molar-refractivity contribution is 9.10. The van der Waals surface area contributed by atoms with Crippen LogP contribution in [0, 0.1) is 6.92 Å². The molecule has 1 aliphatic heterocycles. The van der Waals surface area contributed by atoms with Crippen LogP contribution in [0.15, 0.2) is 40.0 Å². The number of hydrogen-bond acceptors (Lipinski definition) is 5. The Labute approximate surface area is 159 Å². The molecule has 1 aliphatic rings. The van der Waals surface area contributed by atoms with E-state index in [9.17, 15) is 4.79 Å². The molecule has 0 amide bonds. The van der Waals surface area contributed by atoms with Gasteiger partial charge in [-0.15, -0.1) is 0 Å². The maximum atomic E-state index is 12.4. The Morgan fingerprint density at radius 2 is 2.08 bits per heavy atom. The molecule has 1 unspecified atom stereocenters. The number of benzene rings is 1. The van der Waals surface area contributed by atoms with Crippen molar-refractivity contribution in [1.82, 2.24) is 4.98 Å². The Morgan fingerprint density at radius 1 is 1.36 bits per heavy atom. The first-order chi connectivity index (χ1) is 11.9. The summed E-state index contributed by atoms with van der Waals surface area (Å²) in [6.07, 6.45) is 0.343. The van der Waals surface area contributed by atoms with E-state index in [4.69, 9.17) is 21.2 Å². The van der Waals surface area contributed by atoms with E-state index in [0.717, 1.165) is 21.3 Å². The summed E-state index contributed by atoms with van der Waals surface area (Å²) < 4.78 is 6.32. The molecule has 0 aliphatic carbocycles. The number of oxime groups is 1. The number of nitrogens with zero attached hydrogens (tertiary/aromatic N) is 2. The summed E-state index contributed by atoms with van der Waals surface area (Å²) in [4.78, 5) is 22.2. The molecule has 0 spiro atoms. The number of hydrogen-bond donors (Lipinski definition) is 0. The SMILES string of the molecule is CC1=NOC(c2cc(C)c(Cl)c(C(=O)OCc3ccc(Br)cc3)n2)C1. The van der Waals surface area contributed by atoms with Gasteiger partial charge in [-0.1, -0.05) is 44.8 Å². The zero-order valence-electron chi connectivity index (χ0n) is 13.8. The van der Waals surface area contributed by atoms with Crippen LogP contribution < -0.4 is 0 Å². The van der Waals surface area contributed by atoms with Gasteiger partial charge in [-0.05, 0) is 43.2 Å². The Balaban J connectivity index is 1.77. The third-order valence-corrected chi connectivity index (χ3v) is 4.79. The van der Waals surface area contributed by atoms with E-state index in [1.807, 2.05) is 44.2 Å². The van der Waals surface area contributed by atoms with E-state index >= 15 is 0 Å². The summed E-state index contributed by atoms with van der Waals surface area (Å²) in [5.41, 5.74) is 3.23. The number of ether oxygens (including phenoxy) is 1. The largest absolute Gasteiger partial charge is 0.456 e. The number of carbonyl (C=O) groups is 1. The first-order valence-electron chi connectivity index (χ1n) is 7.72. The van der Waals surface area contributed by atoms with Gasteiger partial charge in [0, 0.05) is 10.9 Å². The van der Waals surface area contributed by atoms with E-state index in [-0.39, 0.29) is 18.4 Å². The minimum absolute atomic E-state index is 0.0990. The second kappa shape index (κ2) is 7.54. The van der Waals surface area contributed by atoms with Crippen molar-refractivity contribution in [2.75, 3.05) is 0 Å². The zero-order chi connectivity index (χ0) is 18.0. The van der Waals surface area contributed by atoms with Gasteiger partial charge in [0.15, 0.2) is 11.8 Å². The predicted molar refractivity (Wildman–Crippen MR) is 98.8 cm³/mol. The summed E-state index contributed by atoms with van der Waals surface area (Å²) >= 11 is 9.63. The van der Waals surface area contributed by atoms with Crippen molar-refractivity contribution in [1.29, 1.82) is 0 Å². The molecule has 7 heteroatoms. The van der Waals surface area contributed by atoms with Gasteiger partial charge in [0.1, 0.15) is 6.61 Å². The molecule has 2 heterocycles. The van der Waals surface area contributed by atoms with Crippen LogP contribution in [0.25, 0.3) is 0 Å². The quantitative estimate of drug-likeness (QED) is 0.649. The van der Waals surface area contributed by atoms with Gasteiger partial charge in [0.25, 0.3) is 0 Å². The predicted octanol–water partition coefficient (Wildman–Crippen LogP) is 5.00. The molecule has 5 nitrogen and oxygen atoms in total. The maximum absolute atomic E-state index is 12.4. The topological polar surface area (TPSA) is 60.8 Å². The molecule has 1 atom stereocenters. The fourth-order valence-electron chi connectivity index (χ4n) is 2.44. The normalized spacial score (nSPS) is 16.3. The van der Waals surface area contributed by atoms with Crippen LogP contribution in [-0.4, -0.2) is 16.7 Å². The molecular formula is C18H16BrClN2O3. The number of aromatic nitrogens is 1. The van der Waals surface area contributed by atoms with Crippen LogP contribution in [0.3, 0.4) is 0 Å². The van der Waals surface area contributed by atoms with Gasteiger partial charge < -0.3 is 9.57 Å². The summed E-state index contributed by atoms with van der Waals surface area (Å²) in [6, 6.07) is 9.34. The van der Waals surface area contributed by atoms with E-state index < -0.39 is 5.97 Å². The van der Waals surface area contributed by atoms with Crippen LogP contribution in [-0.2, 0) is 16.2 Å². The number of esters is 1. The van der Waals surface area contributed by atoms with Gasteiger partial charge >= 0.3 is 5.97 Å². The number of pyridine rings is 1. The number of aryl methyl sites for hydroxylation is 1. The van der Waals surface area contributed by atoms with Crippen molar-refractivity contribution >= 4 is 39.2 Å². The van der Waals surface area contributed by atoms with Crippen molar-refractivity contribution < 1.29 is 14.4 Å². The summed E-state index contributed by atoms with van der Waals surface area (Å²) in [5.74, 6) is -0.562. The average molecular weight is 424 g/mol. The Hall–Kier alpha value is -1.92. The second-order valence-electron chi connectivity index (χ2n) is 5.85. The van der Waals surface area contributed by atoms with Gasteiger partial charge in [0.05, 0.1) is 16.4 Å². The van der Waals surface area contributed by atoms with Gasteiger partial charge in [-0.25, -0.2) is 9.78 Å². The molecule has 0 fully saturated rings. The zero-order valence-corrected chi connectivity index (χ0v) is 16.1. The summed E-state index contributed by atoms with van der Waals surface area (Å²) in [7, 11) is 0. The standard InChI is InChI=1S/C18H16BrClN2O3/c1-10-7-14(15-8-11(2)22-25-15)21-17(16(10)20)18(23)24-9-12-3-5-13(19)6-4-12/h3-7,15H,8-9H2,1-2H3. The van der Waals surface area contributed by atoms with E-state index in [1.165, 1.54) is 0 Å². The molecule has 2 aromatic rings. The lowest BCUT2D eigenvalue weighted by Gasteiger charge is -2.13. The first-order valence-corrected chi connectivity index (χ1v) is 8.89. The van der Waals surface area contributed by atoms with Crippen LogP contribution in [0.1, 0.15) is 46.8 Å². The lowest BCUT2D eigenvalue weighted by atomic mass is 10.1. The molecule has 25 heavy (non-hydrogen) atoms. The molecule has 0 bridgehead atoms. The van der Waals surface area contributed by atoms with Crippen molar-refractivity contribution in [3.63, 3.8) is 0 Å². The van der Waals surface area contributed by atoms with Gasteiger partial charge in [-0.3, -0.25) is 0 Å². The Bertz CT molecular complexity index is 837. The van der Waals surface area contributed by atoms with Crippen molar-refractivity contribution in [2.24, 2.45) is 5.16 Å². The highest BCUT2D eigenvalue weighted by Gasteiger charge is 2.25. The Morgan fingerprint density at radius 3 is 2.72 bits per heavy atom. The molecule has 130 valence electrons. The molecule has 0 saturated heterocycles. The first kappa shape index (κ1) is 17.9. The Kier molecular flexibility index (Phi) is 5.39. The van der Waals surface area contributed by atoms with Crippen molar-refractivity contribution in [3.8, 4) is 0 Å². The molecule has 3 rings (SSSR count). The fraction of sp³-hybridized carbons (Fsp3) is 0.278. The molecule has 1 aromatic heterocycles. The second-order valence-corrected chi connectivity index (χ2v) is 7.15. The molecule has 0 saturated carbocycles. The van der Waals surface area contributed by atoms with E-state index in [2.05, 4.69) is 26.1 Å². The number of rotatable bonds is 4. The minimum atomic E-state index is -0.562. The minimum Gasteiger partial charge on any atom is -0.456 e. The third-order valence-electron chi connectivity index (χ3n) is 3.78. The van der Waals surface area contributed by atoms with Crippen molar-refractivity contribution in [2.45, 2.75) is 33.0 Å². The van der Waals surface area contributed by atoms with Crippen LogP contribution in [0.5, 0.6) is 0 Å². The summed E-state index contributed by atoms with van der Waals surface area (Å²) in [5, 5.41) is 4.22. The molecule has 0 N–H and O–H groups in total. The van der Waals surface area contributed by atoms with Gasteiger partial charge in [0.2, 0.25) is 0 Å². The van der Waals surface area contributed by atoms with E-state index in [0.29, 0.717) is 17.1 Å². The number of carbonyl (C=O) groups excluding carboxylic acids is 1. The van der Waals surface area contributed by atoms with Gasteiger partial charge in [-0.2, -0.15) is 0 Å². The molecule has 0 radical (unpaired) electrons. The molecule has 1 aromatic carbocycles. The molecular weight excluding hydrogens is 408 g/mol.